The Morgan fingerprint density at radius 1 is 1.13 bits per heavy atom. The Hall–Kier alpha value is -2.88. The maximum Gasteiger partial charge on any atom is 0.436 e. The van der Waals surface area contributed by atoms with E-state index in [9.17, 15) is 22.4 Å². The summed E-state index contributed by atoms with van der Waals surface area (Å²) in [5, 5.41) is 7.34. The number of carbonyl (C=O) groups is 1. The van der Waals surface area contributed by atoms with Gasteiger partial charge in [0.2, 0.25) is 0 Å². The summed E-state index contributed by atoms with van der Waals surface area (Å²) < 4.78 is 55.1. The van der Waals surface area contributed by atoms with Gasteiger partial charge < -0.3 is 4.90 Å². The van der Waals surface area contributed by atoms with Crippen LogP contribution in [0.2, 0.25) is 5.02 Å². The zero-order valence-electron chi connectivity index (χ0n) is 15.9. The smallest absolute Gasteiger partial charge is 0.307 e. The molecule has 1 fully saturated rings. The summed E-state index contributed by atoms with van der Waals surface area (Å²) in [6.45, 7) is 3.44. The molecule has 1 unspecified atom stereocenters. The molecule has 1 aliphatic heterocycles. The second-order valence-electron chi connectivity index (χ2n) is 6.99. The normalized spacial score (nSPS) is 17.2. The van der Waals surface area contributed by atoms with Crippen LogP contribution in [0.1, 0.15) is 29.5 Å². The number of anilines is 1. The fraction of sp³-hybridized carbons (Fsp3) is 0.316. The van der Waals surface area contributed by atoms with Gasteiger partial charge in [-0.2, -0.15) is 23.4 Å². The Bertz CT molecular complexity index is 1120. The first-order chi connectivity index (χ1) is 14.1. The molecule has 0 radical (unpaired) electrons. The van der Waals surface area contributed by atoms with E-state index in [1.807, 2.05) is 0 Å². The SMILES string of the molecule is Cc1c(N2CCC(n3nc(C(F)(F)F)c(Cl)c3C)C2=O)cnn1-c1ccc(F)cc1. The molecule has 3 aromatic rings. The monoisotopic (exact) mass is 441 g/mol. The average molecular weight is 442 g/mol. The minimum atomic E-state index is -4.71. The second-order valence-corrected chi connectivity index (χ2v) is 7.37. The minimum absolute atomic E-state index is 0.0860. The molecule has 1 atom stereocenters. The Kier molecular flexibility index (Phi) is 4.84. The average Bonchev–Trinajstić information content (AvgIpc) is 3.32. The quantitative estimate of drug-likeness (QED) is 0.563. The van der Waals surface area contributed by atoms with Crippen molar-refractivity contribution in [2.45, 2.75) is 32.5 Å². The van der Waals surface area contributed by atoms with Crippen LogP contribution in [0.15, 0.2) is 30.5 Å². The molecular formula is C19H16ClF4N5O. The molecule has 0 saturated carbocycles. The molecule has 0 bridgehead atoms. The van der Waals surface area contributed by atoms with Crippen LogP contribution < -0.4 is 4.90 Å². The molecule has 6 nitrogen and oxygen atoms in total. The first-order valence-electron chi connectivity index (χ1n) is 9.03. The van der Waals surface area contributed by atoms with Crippen molar-refractivity contribution >= 4 is 23.2 Å². The molecule has 11 heteroatoms. The summed E-state index contributed by atoms with van der Waals surface area (Å²) in [7, 11) is 0. The number of hydrogen-bond donors (Lipinski definition) is 0. The van der Waals surface area contributed by atoms with Crippen molar-refractivity contribution in [3.05, 3.63) is 58.4 Å². The summed E-state index contributed by atoms with van der Waals surface area (Å²) in [6, 6.07) is 4.82. The van der Waals surface area contributed by atoms with Gasteiger partial charge in [0.05, 0.1) is 34.0 Å². The standard InChI is InChI=1S/C19H16ClF4N5O/c1-10-15(9-25-28(10)13-5-3-12(21)4-6-13)27-8-7-14(18(27)30)29-11(2)16(20)17(26-29)19(22,23)24/h3-6,9,14H,7-8H2,1-2H3. The highest BCUT2D eigenvalue weighted by molar-refractivity contribution is 6.32. The lowest BCUT2D eigenvalue weighted by molar-refractivity contribution is -0.141. The lowest BCUT2D eigenvalue weighted by Crippen LogP contribution is -2.29. The highest BCUT2D eigenvalue weighted by Gasteiger charge is 2.42. The van der Waals surface area contributed by atoms with Gasteiger partial charge in [-0.3, -0.25) is 9.48 Å². The van der Waals surface area contributed by atoms with Crippen molar-refractivity contribution in [3.63, 3.8) is 0 Å². The maximum absolute atomic E-state index is 13.2. The number of alkyl halides is 3. The molecule has 3 heterocycles. The molecule has 0 aliphatic carbocycles. The lowest BCUT2D eigenvalue weighted by Gasteiger charge is -2.17. The fourth-order valence-corrected chi connectivity index (χ4v) is 3.85. The second kappa shape index (κ2) is 7.12. The van der Waals surface area contributed by atoms with E-state index in [-0.39, 0.29) is 24.5 Å². The van der Waals surface area contributed by atoms with Gasteiger partial charge in [0.1, 0.15) is 11.9 Å². The number of hydrogen-bond acceptors (Lipinski definition) is 3. The summed E-state index contributed by atoms with van der Waals surface area (Å²) in [5.74, 6) is -0.777. The van der Waals surface area contributed by atoms with E-state index in [4.69, 9.17) is 11.6 Å². The Morgan fingerprint density at radius 3 is 2.40 bits per heavy atom. The first-order valence-corrected chi connectivity index (χ1v) is 9.41. The van der Waals surface area contributed by atoms with E-state index >= 15 is 0 Å². The van der Waals surface area contributed by atoms with E-state index in [1.54, 1.807) is 23.7 Å². The molecule has 1 aromatic carbocycles. The van der Waals surface area contributed by atoms with Gasteiger partial charge in [-0.05, 0) is 44.5 Å². The summed E-state index contributed by atoms with van der Waals surface area (Å²) in [4.78, 5) is 14.5. The molecule has 4 rings (SSSR count). The molecule has 158 valence electrons. The van der Waals surface area contributed by atoms with Crippen molar-refractivity contribution in [2.75, 3.05) is 11.4 Å². The molecule has 1 amide bonds. The summed E-state index contributed by atoms with van der Waals surface area (Å²) in [6.07, 6.45) is -2.93. The van der Waals surface area contributed by atoms with Crippen LogP contribution >= 0.6 is 11.6 Å². The molecule has 0 spiro atoms. The van der Waals surface area contributed by atoms with E-state index in [1.165, 1.54) is 30.2 Å². The number of carbonyl (C=O) groups excluding carboxylic acids is 1. The van der Waals surface area contributed by atoms with Crippen molar-refractivity contribution in [2.24, 2.45) is 0 Å². The van der Waals surface area contributed by atoms with E-state index in [2.05, 4.69) is 10.2 Å². The van der Waals surface area contributed by atoms with Crippen LogP contribution in [-0.4, -0.2) is 32.0 Å². The number of rotatable bonds is 3. The van der Waals surface area contributed by atoms with Gasteiger partial charge in [0.15, 0.2) is 5.69 Å². The molecule has 30 heavy (non-hydrogen) atoms. The number of benzene rings is 1. The number of aromatic nitrogens is 4. The van der Waals surface area contributed by atoms with E-state index in [0.29, 0.717) is 17.1 Å². The van der Waals surface area contributed by atoms with Crippen LogP contribution in [0.5, 0.6) is 0 Å². The predicted molar refractivity (Wildman–Crippen MR) is 101 cm³/mol. The van der Waals surface area contributed by atoms with Crippen molar-refractivity contribution < 1.29 is 22.4 Å². The zero-order chi connectivity index (χ0) is 21.8. The fourth-order valence-electron chi connectivity index (χ4n) is 3.62. The summed E-state index contributed by atoms with van der Waals surface area (Å²) in [5.41, 5.74) is 0.671. The minimum Gasteiger partial charge on any atom is -0.307 e. The maximum atomic E-state index is 13.2. The molecule has 1 saturated heterocycles. The van der Waals surface area contributed by atoms with Crippen LogP contribution in [-0.2, 0) is 11.0 Å². The third-order valence-corrected chi connectivity index (χ3v) is 5.62. The van der Waals surface area contributed by atoms with Gasteiger partial charge >= 0.3 is 6.18 Å². The van der Waals surface area contributed by atoms with Crippen LogP contribution in [0.3, 0.4) is 0 Å². The van der Waals surface area contributed by atoms with Crippen molar-refractivity contribution in [1.29, 1.82) is 0 Å². The Labute approximate surface area is 173 Å². The zero-order valence-corrected chi connectivity index (χ0v) is 16.7. The van der Waals surface area contributed by atoms with E-state index < -0.39 is 28.8 Å². The highest BCUT2D eigenvalue weighted by atomic mass is 35.5. The van der Waals surface area contributed by atoms with Crippen molar-refractivity contribution in [1.82, 2.24) is 19.6 Å². The number of halogens is 5. The third kappa shape index (κ3) is 3.24. The molecule has 0 N–H and O–H groups in total. The van der Waals surface area contributed by atoms with Gasteiger partial charge in [0.25, 0.3) is 5.91 Å². The summed E-state index contributed by atoms with van der Waals surface area (Å²) >= 11 is 5.82. The van der Waals surface area contributed by atoms with Crippen LogP contribution in [0.4, 0.5) is 23.2 Å². The van der Waals surface area contributed by atoms with Crippen LogP contribution in [0.25, 0.3) is 5.69 Å². The van der Waals surface area contributed by atoms with Gasteiger partial charge in [-0.25, -0.2) is 9.07 Å². The van der Waals surface area contributed by atoms with Gasteiger partial charge in [-0.1, -0.05) is 11.6 Å². The topological polar surface area (TPSA) is 56.0 Å². The number of amides is 1. The highest BCUT2D eigenvalue weighted by Crippen LogP contribution is 2.38. The Morgan fingerprint density at radius 2 is 1.80 bits per heavy atom. The van der Waals surface area contributed by atoms with Crippen molar-refractivity contribution in [3.8, 4) is 5.69 Å². The predicted octanol–water partition coefficient (Wildman–Crippen LogP) is 4.47. The first kappa shape index (κ1) is 20.4. The third-order valence-electron chi connectivity index (χ3n) is 5.16. The largest absolute Gasteiger partial charge is 0.436 e. The van der Waals surface area contributed by atoms with Gasteiger partial charge in [-0.15, -0.1) is 0 Å². The Balaban J connectivity index is 1.64. The number of nitrogens with zero attached hydrogens (tertiary/aromatic N) is 5. The van der Waals surface area contributed by atoms with E-state index in [0.717, 1.165) is 4.68 Å². The molecule has 2 aromatic heterocycles. The lowest BCUT2D eigenvalue weighted by atomic mass is 10.2. The van der Waals surface area contributed by atoms with Crippen LogP contribution in [0, 0.1) is 19.7 Å². The van der Waals surface area contributed by atoms with Gasteiger partial charge in [0, 0.05) is 6.54 Å². The molecule has 1 aliphatic rings. The molecular weight excluding hydrogens is 426 g/mol.